The normalized spacial score (nSPS) is 10.3. The van der Waals surface area contributed by atoms with E-state index < -0.39 is 0 Å². The van der Waals surface area contributed by atoms with Gasteiger partial charge in [0.25, 0.3) is 0 Å². The molecular formula is C21H22N2O2. The highest BCUT2D eigenvalue weighted by atomic mass is 16.5. The zero-order chi connectivity index (χ0) is 17.5. The maximum atomic E-state index is 5.40. The third-order valence-electron chi connectivity index (χ3n) is 3.94. The van der Waals surface area contributed by atoms with Crippen LogP contribution >= 0.6 is 0 Å². The molecule has 4 nitrogen and oxygen atoms in total. The lowest BCUT2D eigenvalue weighted by Gasteiger charge is -2.12. The molecule has 3 rings (SSSR count). The van der Waals surface area contributed by atoms with Gasteiger partial charge in [0.05, 0.1) is 14.2 Å². The van der Waals surface area contributed by atoms with Crippen LogP contribution in [0.1, 0.15) is 5.56 Å². The van der Waals surface area contributed by atoms with Crippen LogP contribution in [0.3, 0.4) is 0 Å². The van der Waals surface area contributed by atoms with E-state index in [1.165, 1.54) is 5.56 Å². The van der Waals surface area contributed by atoms with Gasteiger partial charge in [0.1, 0.15) is 0 Å². The number of para-hydroxylation sites is 1. The first-order valence-corrected chi connectivity index (χ1v) is 8.15. The first-order chi connectivity index (χ1) is 12.3. The molecule has 0 heterocycles. The first-order valence-electron chi connectivity index (χ1n) is 8.15. The highest BCUT2D eigenvalue weighted by Crippen LogP contribution is 2.32. The fourth-order valence-corrected chi connectivity index (χ4v) is 2.65. The molecule has 0 aromatic heterocycles. The molecule has 4 heteroatoms. The van der Waals surface area contributed by atoms with Gasteiger partial charge in [0.2, 0.25) is 0 Å². The lowest BCUT2D eigenvalue weighted by molar-refractivity contribution is 0.355. The predicted octanol–water partition coefficient (Wildman–Crippen LogP) is 4.49. The van der Waals surface area contributed by atoms with Crippen LogP contribution in [0.25, 0.3) is 11.1 Å². The third-order valence-corrected chi connectivity index (χ3v) is 3.94. The molecule has 0 unspecified atom stereocenters. The average molecular weight is 334 g/mol. The molecule has 0 bridgehead atoms. The maximum Gasteiger partial charge on any atom is 0.161 e. The SMILES string of the molecule is COc1ccc(-c2cccc(CNNc3ccccc3)c2)cc1OC. The monoisotopic (exact) mass is 334 g/mol. The van der Waals surface area contributed by atoms with Crippen LogP contribution in [0, 0.1) is 0 Å². The van der Waals surface area contributed by atoms with E-state index in [1.807, 2.05) is 48.5 Å². The van der Waals surface area contributed by atoms with E-state index in [-0.39, 0.29) is 0 Å². The highest BCUT2D eigenvalue weighted by molar-refractivity contribution is 5.67. The van der Waals surface area contributed by atoms with Crippen LogP contribution in [0.5, 0.6) is 11.5 Å². The number of benzene rings is 3. The summed E-state index contributed by atoms with van der Waals surface area (Å²) in [5.41, 5.74) is 10.9. The van der Waals surface area contributed by atoms with Crippen molar-refractivity contribution in [3.05, 3.63) is 78.4 Å². The van der Waals surface area contributed by atoms with Crippen molar-refractivity contribution in [3.63, 3.8) is 0 Å². The topological polar surface area (TPSA) is 42.5 Å². The van der Waals surface area contributed by atoms with Gasteiger partial charge in [-0.2, -0.15) is 0 Å². The Hall–Kier alpha value is -2.98. The molecule has 0 atom stereocenters. The van der Waals surface area contributed by atoms with Crippen molar-refractivity contribution in [1.29, 1.82) is 0 Å². The number of hydrogen-bond acceptors (Lipinski definition) is 4. The molecule has 0 aliphatic heterocycles. The molecule has 0 radical (unpaired) electrons. The van der Waals surface area contributed by atoms with E-state index in [9.17, 15) is 0 Å². The van der Waals surface area contributed by atoms with Crippen molar-refractivity contribution < 1.29 is 9.47 Å². The number of methoxy groups -OCH3 is 2. The molecule has 0 fully saturated rings. The van der Waals surface area contributed by atoms with Crippen LogP contribution in [-0.4, -0.2) is 14.2 Å². The van der Waals surface area contributed by atoms with Crippen LogP contribution in [0.2, 0.25) is 0 Å². The minimum atomic E-state index is 0.718. The number of anilines is 1. The van der Waals surface area contributed by atoms with Gasteiger partial charge in [0.15, 0.2) is 11.5 Å². The summed E-state index contributed by atoms with van der Waals surface area (Å²) in [4.78, 5) is 0. The van der Waals surface area contributed by atoms with Crippen molar-refractivity contribution in [1.82, 2.24) is 5.43 Å². The Labute approximate surface area is 148 Å². The Kier molecular flexibility index (Phi) is 5.54. The number of nitrogens with one attached hydrogen (secondary N) is 2. The molecule has 0 amide bonds. The van der Waals surface area contributed by atoms with Gasteiger partial charge < -0.3 is 14.9 Å². The van der Waals surface area contributed by atoms with Crippen molar-refractivity contribution >= 4 is 5.69 Å². The number of rotatable bonds is 7. The summed E-state index contributed by atoms with van der Waals surface area (Å²) in [5, 5.41) is 0. The zero-order valence-corrected chi connectivity index (χ0v) is 14.5. The maximum absolute atomic E-state index is 5.40. The van der Waals surface area contributed by atoms with Gasteiger partial charge in [-0.3, -0.25) is 0 Å². The van der Waals surface area contributed by atoms with Crippen LogP contribution in [-0.2, 0) is 6.54 Å². The van der Waals surface area contributed by atoms with Crippen molar-refractivity contribution in [2.24, 2.45) is 0 Å². The van der Waals surface area contributed by atoms with Crippen LogP contribution in [0.15, 0.2) is 72.8 Å². The van der Waals surface area contributed by atoms with E-state index in [1.54, 1.807) is 14.2 Å². The lowest BCUT2D eigenvalue weighted by atomic mass is 10.0. The summed E-state index contributed by atoms with van der Waals surface area (Å²) in [6.07, 6.45) is 0. The molecule has 3 aromatic rings. The summed E-state index contributed by atoms with van der Waals surface area (Å²) in [6.45, 7) is 0.718. The van der Waals surface area contributed by atoms with Gasteiger partial charge in [-0.15, -0.1) is 0 Å². The van der Waals surface area contributed by atoms with Gasteiger partial charge in [0, 0.05) is 12.2 Å². The smallest absolute Gasteiger partial charge is 0.161 e. The van der Waals surface area contributed by atoms with E-state index >= 15 is 0 Å². The zero-order valence-electron chi connectivity index (χ0n) is 14.5. The Morgan fingerprint density at radius 1 is 0.720 bits per heavy atom. The van der Waals surface area contributed by atoms with Gasteiger partial charge in [-0.25, -0.2) is 5.43 Å². The Bertz CT molecular complexity index is 819. The molecule has 3 aromatic carbocycles. The van der Waals surface area contributed by atoms with Crippen molar-refractivity contribution in [2.45, 2.75) is 6.54 Å². The van der Waals surface area contributed by atoms with Gasteiger partial charge >= 0.3 is 0 Å². The molecule has 128 valence electrons. The Morgan fingerprint density at radius 2 is 1.48 bits per heavy atom. The molecule has 2 N–H and O–H groups in total. The summed E-state index contributed by atoms with van der Waals surface area (Å²) < 4.78 is 10.7. The van der Waals surface area contributed by atoms with Crippen LogP contribution < -0.4 is 20.3 Å². The number of hydrazine groups is 1. The fraction of sp³-hybridized carbons (Fsp3) is 0.143. The van der Waals surface area contributed by atoms with E-state index in [0.717, 1.165) is 34.9 Å². The standard InChI is InChI=1S/C21H22N2O2/c1-24-20-12-11-18(14-21(20)25-2)17-8-6-7-16(13-17)15-22-23-19-9-4-3-5-10-19/h3-14,22-23H,15H2,1-2H3. The summed E-state index contributed by atoms with van der Waals surface area (Å²) in [7, 11) is 3.29. The van der Waals surface area contributed by atoms with Gasteiger partial charge in [-0.05, 0) is 47.0 Å². The molecular weight excluding hydrogens is 312 g/mol. The largest absolute Gasteiger partial charge is 0.493 e. The molecule has 0 saturated heterocycles. The second-order valence-corrected chi connectivity index (χ2v) is 5.61. The molecule has 0 aliphatic rings. The Balaban J connectivity index is 1.71. The van der Waals surface area contributed by atoms with E-state index in [4.69, 9.17) is 9.47 Å². The van der Waals surface area contributed by atoms with Crippen molar-refractivity contribution in [2.75, 3.05) is 19.6 Å². The minimum absolute atomic E-state index is 0.718. The van der Waals surface area contributed by atoms with E-state index in [0.29, 0.717) is 0 Å². The first kappa shape index (κ1) is 16.9. The second-order valence-electron chi connectivity index (χ2n) is 5.61. The lowest BCUT2D eigenvalue weighted by Crippen LogP contribution is -2.20. The minimum Gasteiger partial charge on any atom is -0.493 e. The summed E-state index contributed by atoms with van der Waals surface area (Å²) in [6, 6.07) is 24.4. The molecule has 25 heavy (non-hydrogen) atoms. The number of ether oxygens (including phenoxy) is 2. The van der Waals surface area contributed by atoms with E-state index in [2.05, 4.69) is 35.1 Å². The average Bonchev–Trinajstić information content (AvgIpc) is 2.68. The summed E-state index contributed by atoms with van der Waals surface area (Å²) >= 11 is 0. The second kappa shape index (κ2) is 8.22. The predicted molar refractivity (Wildman–Crippen MR) is 102 cm³/mol. The molecule has 0 spiro atoms. The molecule has 0 saturated carbocycles. The summed E-state index contributed by atoms with van der Waals surface area (Å²) in [5.74, 6) is 1.46. The third kappa shape index (κ3) is 4.31. The van der Waals surface area contributed by atoms with Gasteiger partial charge in [-0.1, -0.05) is 42.5 Å². The highest BCUT2D eigenvalue weighted by Gasteiger charge is 2.06. The fourth-order valence-electron chi connectivity index (χ4n) is 2.65. The Morgan fingerprint density at radius 3 is 2.24 bits per heavy atom. The quantitative estimate of drug-likeness (QED) is 0.625. The number of hydrogen-bond donors (Lipinski definition) is 2. The van der Waals surface area contributed by atoms with Crippen LogP contribution in [0.4, 0.5) is 5.69 Å². The molecule has 0 aliphatic carbocycles. The van der Waals surface area contributed by atoms with Crippen molar-refractivity contribution in [3.8, 4) is 22.6 Å².